The van der Waals surface area contributed by atoms with Crippen LogP contribution in [0.5, 0.6) is 0 Å². The molecule has 2 aromatic carbocycles. The normalized spacial score (nSPS) is 20.2. The van der Waals surface area contributed by atoms with Crippen LogP contribution < -0.4 is 5.32 Å². The van der Waals surface area contributed by atoms with Crippen molar-refractivity contribution in [1.29, 1.82) is 0 Å². The van der Waals surface area contributed by atoms with Crippen molar-refractivity contribution < 1.29 is 24.2 Å². The number of carbonyl (C=O) groups is 3. The van der Waals surface area contributed by atoms with E-state index < -0.39 is 24.1 Å². The van der Waals surface area contributed by atoms with E-state index in [4.69, 9.17) is 4.74 Å². The maximum Gasteiger partial charge on any atom is 0.407 e. The van der Waals surface area contributed by atoms with Crippen molar-refractivity contribution in [3.8, 4) is 11.1 Å². The van der Waals surface area contributed by atoms with E-state index in [-0.39, 0.29) is 18.4 Å². The predicted octanol–water partition coefficient (Wildman–Crippen LogP) is 4.41. The lowest BCUT2D eigenvalue weighted by Crippen LogP contribution is -2.56. The molecule has 3 atom stereocenters. The summed E-state index contributed by atoms with van der Waals surface area (Å²) < 4.78 is 5.58. The van der Waals surface area contributed by atoms with Gasteiger partial charge in [0.25, 0.3) is 0 Å². The van der Waals surface area contributed by atoms with E-state index in [1.165, 1.54) is 4.90 Å². The number of rotatable bonds is 7. The van der Waals surface area contributed by atoms with Crippen molar-refractivity contribution in [3.05, 3.63) is 59.7 Å². The molecule has 1 fully saturated rings. The van der Waals surface area contributed by atoms with Gasteiger partial charge >= 0.3 is 12.1 Å². The van der Waals surface area contributed by atoms with Crippen LogP contribution in [0.4, 0.5) is 4.79 Å². The number of piperidine rings is 1. The molecule has 7 heteroatoms. The Morgan fingerprint density at radius 1 is 1.06 bits per heavy atom. The van der Waals surface area contributed by atoms with Gasteiger partial charge in [0.1, 0.15) is 18.7 Å². The fraction of sp³-hybridized carbons (Fsp3) is 0.444. The molecule has 1 aliphatic carbocycles. The second kappa shape index (κ2) is 10.3. The summed E-state index contributed by atoms with van der Waals surface area (Å²) in [5.74, 6) is -1.14. The van der Waals surface area contributed by atoms with Crippen molar-refractivity contribution in [2.75, 3.05) is 13.2 Å². The molecule has 0 aromatic heterocycles. The lowest BCUT2D eigenvalue weighted by molar-refractivity contribution is -0.154. The average Bonchev–Trinajstić information content (AvgIpc) is 3.18. The molecular weight excluding hydrogens is 432 g/mol. The quantitative estimate of drug-likeness (QED) is 0.633. The zero-order valence-electron chi connectivity index (χ0n) is 19.7. The van der Waals surface area contributed by atoms with Gasteiger partial charge in [-0.2, -0.15) is 0 Å². The van der Waals surface area contributed by atoms with E-state index in [2.05, 4.69) is 17.4 Å². The van der Waals surface area contributed by atoms with Gasteiger partial charge < -0.3 is 20.1 Å². The Morgan fingerprint density at radius 3 is 2.24 bits per heavy atom. The van der Waals surface area contributed by atoms with Gasteiger partial charge in [-0.1, -0.05) is 68.8 Å². The molecule has 2 N–H and O–H groups in total. The zero-order valence-corrected chi connectivity index (χ0v) is 19.7. The van der Waals surface area contributed by atoms with Crippen LogP contribution in [0.15, 0.2) is 48.5 Å². The fourth-order valence-corrected chi connectivity index (χ4v) is 5.23. The average molecular weight is 465 g/mol. The first-order valence-electron chi connectivity index (χ1n) is 12.1. The van der Waals surface area contributed by atoms with E-state index in [0.29, 0.717) is 25.3 Å². The minimum absolute atomic E-state index is 0.0709. The second-order valence-corrected chi connectivity index (χ2v) is 9.12. The van der Waals surface area contributed by atoms with Crippen molar-refractivity contribution in [2.24, 2.45) is 5.92 Å². The maximum atomic E-state index is 13.2. The van der Waals surface area contributed by atoms with Crippen LogP contribution in [0.1, 0.15) is 56.6 Å². The number of nitrogens with zero attached hydrogens (tertiary/aromatic N) is 1. The number of hydrogen-bond donors (Lipinski definition) is 2. The molecule has 1 aliphatic heterocycles. The molecule has 0 radical (unpaired) electrons. The summed E-state index contributed by atoms with van der Waals surface area (Å²) in [7, 11) is 0. The van der Waals surface area contributed by atoms with Crippen LogP contribution >= 0.6 is 0 Å². The number of ether oxygens (including phenoxy) is 1. The van der Waals surface area contributed by atoms with Crippen LogP contribution in [0.25, 0.3) is 11.1 Å². The Morgan fingerprint density at radius 2 is 1.68 bits per heavy atom. The lowest BCUT2D eigenvalue weighted by atomic mass is 9.88. The molecule has 2 unspecified atom stereocenters. The van der Waals surface area contributed by atoms with E-state index in [0.717, 1.165) is 35.1 Å². The molecule has 2 aliphatic rings. The molecule has 34 heavy (non-hydrogen) atoms. The van der Waals surface area contributed by atoms with Crippen LogP contribution in [0, 0.1) is 5.92 Å². The van der Waals surface area contributed by atoms with Gasteiger partial charge in [0.2, 0.25) is 5.91 Å². The molecular formula is C27H32N2O5. The molecule has 1 heterocycles. The summed E-state index contributed by atoms with van der Waals surface area (Å²) >= 11 is 0. The number of amides is 2. The van der Waals surface area contributed by atoms with E-state index in [1.54, 1.807) is 6.92 Å². The highest BCUT2D eigenvalue weighted by Gasteiger charge is 2.38. The third kappa shape index (κ3) is 4.65. The Hall–Kier alpha value is -3.35. The molecule has 2 aromatic rings. The first-order chi connectivity index (χ1) is 16.4. The number of likely N-dealkylation sites (tertiary alicyclic amines) is 1. The number of hydrogen-bond acceptors (Lipinski definition) is 4. The third-order valence-corrected chi connectivity index (χ3v) is 7.20. The van der Waals surface area contributed by atoms with Gasteiger partial charge in [0, 0.05) is 12.5 Å². The fourth-order valence-electron chi connectivity index (χ4n) is 5.23. The molecule has 2 amide bonds. The monoisotopic (exact) mass is 464 g/mol. The number of fused-ring (bicyclic) bond motifs is 3. The molecule has 1 saturated heterocycles. The zero-order chi connectivity index (χ0) is 24.2. The molecule has 0 saturated carbocycles. The first-order valence-corrected chi connectivity index (χ1v) is 12.1. The largest absolute Gasteiger partial charge is 0.480 e. The van der Waals surface area contributed by atoms with Crippen molar-refractivity contribution in [1.82, 2.24) is 10.2 Å². The number of benzene rings is 2. The summed E-state index contributed by atoms with van der Waals surface area (Å²) in [6, 6.07) is 14.5. The summed E-state index contributed by atoms with van der Waals surface area (Å²) in [6.07, 6.45) is 1.79. The van der Waals surface area contributed by atoms with Gasteiger partial charge in [-0.15, -0.1) is 0 Å². The number of alkyl carbamates (subject to hydrolysis) is 1. The van der Waals surface area contributed by atoms with Gasteiger partial charge in [0.15, 0.2) is 0 Å². The van der Waals surface area contributed by atoms with Gasteiger partial charge in [0.05, 0.1) is 0 Å². The van der Waals surface area contributed by atoms with E-state index in [9.17, 15) is 19.5 Å². The Bertz CT molecular complexity index is 1020. The molecule has 0 spiro atoms. The predicted molar refractivity (Wildman–Crippen MR) is 128 cm³/mol. The second-order valence-electron chi connectivity index (χ2n) is 9.12. The number of carbonyl (C=O) groups excluding carboxylic acids is 2. The highest BCUT2D eigenvalue weighted by Crippen LogP contribution is 2.44. The minimum atomic E-state index is -0.998. The maximum absolute atomic E-state index is 13.2. The number of carboxylic acid groups (broad SMARTS) is 1. The third-order valence-electron chi connectivity index (χ3n) is 7.20. The molecule has 7 nitrogen and oxygen atoms in total. The van der Waals surface area contributed by atoms with Crippen LogP contribution in [-0.2, 0) is 14.3 Å². The van der Waals surface area contributed by atoms with Crippen molar-refractivity contribution in [2.45, 2.75) is 57.5 Å². The van der Waals surface area contributed by atoms with E-state index >= 15 is 0 Å². The molecule has 0 bridgehead atoms. The van der Waals surface area contributed by atoms with Gasteiger partial charge in [-0.3, -0.25) is 4.79 Å². The summed E-state index contributed by atoms with van der Waals surface area (Å²) in [6.45, 7) is 4.37. The molecule has 4 rings (SSSR count). The SMILES string of the molecule is CCC1CCN(C(=O)[C@H](CC)NC(=O)OCC2c3ccccc3-c3ccccc32)C(C(=O)O)C1. The van der Waals surface area contributed by atoms with E-state index in [1.807, 2.05) is 43.3 Å². The standard InChI is InChI=1S/C27H32N2O5/c1-3-17-13-14-29(24(15-17)26(31)32)25(30)23(4-2)28-27(33)34-16-22-20-11-7-5-9-18(20)19-10-6-8-12-21(19)22/h5-12,17,22-24H,3-4,13-16H2,1-2H3,(H,28,33)(H,31,32)/t17?,23-,24?/m0/s1. The van der Waals surface area contributed by atoms with Gasteiger partial charge in [-0.05, 0) is 47.4 Å². The smallest absolute Gasteiger partial charge is 0.407 e. The number of carboxylic acids is 1. The van der Waals surface area contributed by atoms with Gasteiger partial charge in [-0.25, -0.2) is 9.59 Å². The molecule has 180 valence electrons. The van der Waals surface area contributed by atoms with Crippen LogP contribution in [0.2, 0.25) is 0 Å². The highest BCUT2D eigenvalue weighted by atomic mass is 16.5. The van der Waals surface area contributed by atoms with Crippen LogP contribution in [-0.4, -0.2) is 53.2 Å². The minimum Gasteiger partial charge on any atom is -0.480 e. The number of nitrogens with one attached hydrogen (secondary N) is 1. The summed E-state index contributed by atoms with van der Waals surface area (Å²) in [5, 5.41) is 12.3. The lowest BCUT2D eigenvalue weighted by Gasteiger charge is -2.38. The van der Waals surface area contributed by atoms with Crippen molar-refractivity contribution in [3.63, 3.8) is 0 Å². The van der Waals surface area contributed by atoms with Crippen molar-refractivity contribution >= 4 is 18.0 Å². The topological polar surface area (TPSA) is 95.9 Å². The summed E-state index contributed by atoms with van der Waals surface area (Å²) in [5.41, 5.74) is 4.51. The Labute approximate surface area is 200 Å². The Kier molecular flexibility index (Phi) is 7.20. The summed E-state index contributed by atoms with van der Waals surface area (Å²) in [4.78, 5) is 39.0. The first kappa shape index (κ1) is 23.8. The highest BCUT2D eigenvalue weighted by molar-refractivity contribution is 5.89. The Balaban J connectivity index is 1.40. The van der Waals surface area contributed by atoms with Crippen LogP contribution in [0.3, 0.4) is 0 Å². The number of aliphatic carboxylic acids is 1.